The molecule has 1 amide bonds. The van der Waals surface area contributed by atoms with Gasteiger partial charge in [0.15, 0.2) is 5.82 Å². The van der Waals surface area contributed by atoms with Crippen LogP contribution in [-0.2, 0) is 11.2 Å². The molecule has 7 nitrogen and oxygen atoms in total. The first-order valence-corrected chi connectivity index (χ1v) is 6.37. The topological polar surface area (TPSA) is 106 Å². The predicted molar refractivity (Wildman–Crippen MR) is 73.6 cm³/mol. The van der Waals surface area contributed by atoms with E-state index in [2.05, 4.69) is 15.2 Å². The smallest absolute Gasteiger partial charge is 0.241 e. The van der Waals surface area contributed by atoms with E-state index in [0.29, 0.717) is 18.3 Å². The van der Waals surface area contributed by atoms with Gasteiger partial charge in [0.25, 0.3) is 0 Å². The highest BCUT2D eigenvalue weighted by Crippen LogP contribution is 2.21. The standard InChI is InChI=1S/C13H17N5O2/c1-2-6-20-10-5-3-4-9(7-10)13-15-11(17-18-13)8-12(19)16-14/h3-5,7H,2,6,8,14H2,1H3,(H,16,19)(H,15,17,18). The number of H-pyrrole nitrogens is 1. The van der Waals surface area contributed by atoms with Gasteiger partial charge in [0.1, 0.15) is 11.6 Å². The molecule has 0 radical (unpaired) electrons. The van der Waals surface area contributed by atoms with Crippen molar-refractivity contribution in [1.29, 1.82) is 0 Å². The molecule has 0 aliphatic heterocycles. The molecular weight excluding hydrogens is 258 g/mol. The fourth-order valence-electron chi connectivity index (χ4n) is 1.65. The number of nitrogens with one attached hydrogen (secondary N) is 2. The highest BCUT2D eigenvalue weighted by atomic mass is 16.5. The van der Waals surface area contributed by atoms with Crippen LogP contribution in [0.25, 0.3) is 11.4 Å². The number of hydrazine groups is 1. The van der Waals surface area contributed by atoms with E-state index in [-0.39, 0.29) is 12.3 Å². The number of aromatic nitrogens is 3. The number of ether oxygens (including phenoxy) is 1. The second kappa shape index (κ2) is 6.67. The molecule has 0 aliphatic rings. The summed E-state index contributed by atoms with van der Waals surface area (Å²) in [7, 11) is 0. The van der Waals surface area contributed by atoms with E-state index in [1.54, 1.807) is 0 Å². The Labute approximate surface area is 116 Å². The van der Waals surface area contributed by atoms with E-state index in [1.165, 1.54) is 0 Å². The fourth-order valence-corrected chi connectivity index (χ4v) is 1.65. The third-order valence-electron chi connectivity index (χ3n) is 2.59. The molecule has 4 N–H and O–H groups in total. The van der Waals surface area contributed by atoms with Gasteiger partial charge in [-0.25, -0.2) is 10.8 Å². The summed E-state index contributed by atoms with van der Waals surface area (Å²) in [6.45, 7) is 2.72. The lowest BCUT2D eigenvalue weighted by Crippen LogP contribution is -2.31. The first-order valence-electron chi connectivity index (χ1n) is 6.37. The highest BCUT2D eigenvalue weighted by molar-refractivity contribution is 5.77. The highest BCUT2D eigenvalue weighted by Gasteiger charge is 2.09. The Morgan fingerprint density at radius 1 is 1.50 bits per heavy atom. The van der Waals surface area contributed by atoms with Crippen molar-refractivity contribution in [3.05, 3.63) is 30.1 Å². The second-order valence-corrected chi connectivity index (χ2v) is 4.23. The maximum absolute atomic E-state index is 11.2. The lowest BCUT2D eigenvalue weighted by molar-refractivity contribution is -0.120. The number of benzene rings is 1. The lowest BCUT2D eigenvalue weighted by atomic mass is 10.2. The van der Waals surface area contributed by atoms with E-state index in [0.717, 1.165) is 17.7 Å². The van der Waals surface area contributed by atoms with Gasteiger partial charge in [-0.3, -0.25) is 15.3 Å². The molecule has 0 aliphatic carbocycles. The van der Waals surface area contributed by atoms with Crippen LogP contribution in [0.4, 0.5) is 0 Å². The lowest BCUT2D eigenvalue weighted by Gasteiger charge is -2.04. The largest absolute Gasteiger partial charge is 0.494 e. The van der Waals surface area contributed by atoms with Crippen LogP contribution in [0.5, 0.6) is 5.75 Å². The van der Waals surface area contributed by atoms with Gasteiger partial charge in [0.05, 0.1) is 13.0 Å². The number of aromatic amines is 1. The molecule has 106 valence electrons. The molecule has 20 heavy (non-hydrogen) atoms. The van der Waals surface area contributed by atoms with Gasteiger partial charge in [-0.15, -0.1) is 0 Å². The molecule has 7 heteroatoms. The van der Waals surface area contributed by atoms with Crippen molar-refractivity contribution >= 4 is 5.91 Å². The van der Waals surface area contributed by atoms with Crippen molar-refractivity contribution in [3.8, 4) is 17.1 Å². The summed E-state index contributed by atoms with van der Waals surface area (Å²) in [5.74, 6) is 6.45. The normalized spacial score (nSPS) is 10.3. The number of hydrogen-bond donors (Lipinski definition) is 3. The summed E-state index contributed by atoms with van der Waals surface area (Å²) in [6, 6.07) is 7.51. The van der Waals surface area contributed by atoms with Crippen molar-refractivity contribution < 1.29 is 9.53 Å². The zero-order valence-corrected chi connectivity index (χ0v) is 11.2. The van der Waals surface area contributed by atoms with Crippen molar-refractivity contribution in [1.82, 2.24) is 20.6 Å². The van der Waals surface area contributed by atoms with Crippen molar-refractivity contribution in [2.24, 2.45) is 5.84 Å². The number of carbonyl (C=O) groups is 1. The molecule has 1 aromatic carbocycles. The van der Waals surface area contributed by atoms with Crippen LogP contribution in [0, 0.1) is 0 Å². The Morgan fingerprint density at radius 2 is 2.35 bits per heavy atom. The van der Waals surface area contributed by atoms with Crippen LogP contribution in [0.2, 0.25) is 0 Å². The molecule has 2 aromatic rings. The van der Waals surface area contributed by atoms with Gasteiger partial charge >= 0.3 is 0 Å². The third-order valence-corrected chi connectivity index (χ3v) is 2.59. The fraction of sp³-hybridized carbons (Fsp3) is 0.308. The number of rotatable bonds is 6. The molecule has 2 rings (SSSR count). The number of hydrogen-bond acceptors (Lipinski definition) is 5. The summed E-state index contributed by atoms with van der Waals surface area (Å²) in [4.78, 5) is 15.4. The van der Waals surface area contributed by atoms with Gasteiger partial charge in [-0.2, -0.15) is 5.10 Å². The molecule has 1 heterocycles. The van der Waals surface area contributed by atoms with Crippen LogP contribution >= 0.6 is 0 Å². The molecule has 0 unspecified atom stereocenters. The molecule has 0 fully saturated rings. The number of carbonyl (C=O) groups excluding carboxylic acids is 1. The van der Waals surface area contributed by atoms with Gasteiger partial charge < -0.3 is 4.74 Å². The summed E-state index contributed by atoms with van der Waals surface area (Å²) in [5.41, 5.74) is 2.88. The Kier molecular flexibility index (Phi) is 4.67. The van der Waals surface area contributed by atoms with Crippen molar-refractivity contribution in [3.63, 3.8) is 0 Å². The van der Waals surface area contributed by atoms with Crippen LogP contribution in [0.15, 0.2) is 24.3 Å². The average molecular weight is 275 g/mol. The zero-order chi connectivity index (χ0) is 14.4. The molecule has 0 atom stereocenters. The minimum absolute atomic E-state index is 0.0650. The molecular formula is C13H17N5O2. The number of nitrogens with zero attached hydrogens (tertiary/aromatic N) is 2. The minimum atomic E-state index is -0.326. The van der Waals surface area contributed by atoms with E-state index in [9.17, 15) is 4.79 Å². The van der Waals surface area contributed by atoms with Crippen molar-refractivity contribution in [2.45, 2.75) is 19.8 Å². The Bertz CT molecular complexity index is 582. The van der Waals surface area contributed by atoms with E-state index < -0.39 is 0 Å². The SMILES string of the molecule is CCCOc1cccc(-c2n[nH]c(CC(=O)NN)n2)c1. The molecule has 0 bridgehead atoms. The summed E-state index contributed by atoms with van der Waals surface area (Å²) < 4.78 is 5.56. The number of amides is 1. The molecule has 1 aromatic heterocycles. The van der Waals surface area contributed by atoms with Gasteiger partial charge in [0, 0.05) is 5.56 Å². The van der Waals surface area contributed by atoms with Crippen LogP contribution in [0.1, 0.15) is 19.2 Å². The van der Waals surface area contributed by atoms with Crippen LogP contribution in [-0.4, -0.2) is 27.7 Å². The van der Waals surface area contributed by atoms with Crippen molar-refractivity contribution in [2.75, 3.05) is 6.61 Å². The first kappa shape index (κ1) is 14.0. The number of nitrogens with two attached hydrogens (primary N) is 1. The maximum Gasteiger partial charge on any atom is 0.241 e. The Morgan fingerprint density at radius 3 is 3.10 bits per heavy atom. The molecule has 0 spiro atoms. The van der Waals surface area contributed by atoms with Crippen LogP contribution < -0.4 is 16.0 Å². The zero-order valence-electron chi connectivity index (χ0n) is 11.2. The third kappa shape index (κ3) is 3.55. The molecule has 0 saturated carbocycles. The first-order chi connectivity index (χ1) is 9.72. The molecule has 0 saturated heterocycles. The Hall–Kier alpha value is -2.41. The summed E-state index contributed by atoms with van der Waals surface area (Å²) >= 11 is 0. The summed E-state index contributed by atoms with van der Waals surface area (Å²) in [5, 5.41) is 6.80. The minimum Gasteiger partial charge on any atom is -0.494 e. The van der Waals surface area contributed by atoms with Gasteiger partial charge in [-0.1, -0.05) is 19.1 Å². The summed E-state index contributed by atoms with van der Waals surface area (Å²) in [6.07, 6.45) is 1.01. The van der Waals surface area contributed by atoms with E-state index >= 15 is 0 Å². The van der Waals surface area contributed by atoms with Gasteiger partial charge in [-0.05, 0) is 18.6 Å². The Balaban J connectivity index is 2.13. The predicted octanol–water partition coefficient (Wildman–Crippen LogP) is 0.793. The quantitative estimate of drug-likeness (QED) is 0.410. The second-order valence-electron chi connectivity index (χ2n) is 4.23. The van der Waals surface area contributed by atoms with E-state index in [4.69, 9.17) is 10.6 Å². The average Bonchev–Trinajstić information content (AvgIpc) is 2.93. The monoisotopic (exact) mass is 275 g/mol. The van der Waals surface area contributed by atoms with Gasteiger partial charge in [0.2, 0.25) is 5.91 Å². The van der Waals surface area contributed by atoms with Crippen LogP contribution in [0.3, 0.4) is 0 Å². The maximum atomic E-state index is 11.2. The van der Waals surface area contributed by atoms with E-state index in [1.807, 2.05) is 36.6 Å².